The lowest BCUT2D eigenvalue weighted by Crippen LogP contribution is -2.00. The van der Waals surface area contributed by atoms with Gasteiger partial charge in [-0.3, -0.25) is 0 Å². The second-order valence-corrected chi connectivity index (χ2v) is 13.3. The number of hydrogen-bond donors (Lipinski definition) is 0. The molecule has 0 bridgehead atoms. The van der Waals surface area contributed by atoms with Crippen LogP contribution in [0.3, 0.4) is 0 Å². The molecule has 0 aliphatic rings. The molecule has 8 aromatic carbocycles. The minimum Gasteiger partial charge on any atom is -0.308 e. The van der Waals surface area contributed by atoms with Crippen molar-refractivity contribution in [2.45, 2.75) is 0 Å². The van der Waals surface area contributed by atoms with Gasteiger partial charge < -0.3 is 4.57 Å². The van der Waals surface area contributed by atoms with E-state index in [1.807, 2.05) is 84.9 Å². The molecule has 0 atom stereocenters. The van der Waals surface area contributed by atoms with Crippen LogP contribution in [0.1, 0.15) is 16.4 Å². The van der Waals surface area contributed by atoms with Crippen LogP contribution in [0.5, 0.6) is 0 Å². The first-order chi connectivity index (χ1) is 30.8. The molecule has 5 heteroatoms. The molecule has 0 spiro atoms. The summed E-state index contributed by atoms with van der Waals surface area (Å²) < 4.78 is 111. The third-order valence-corrected chi connectivity index (χ3v) is 10.5. The lowest BCUT2D eigenvalue weighted by molar-refractivity contribution is 1.08. The molecule has 0 saturated heterocycles. The summed E-state index contributed by atoms with van der Waals surface area (Å²) in [6.45, 7) is 0. The molecule has 3 aromatic heterocycles. The zero-order chi connectivity index (χ0) is 44.6. The first kappa shape index (κ1) is 19.6. The predicted octanol–water partition coefficient (Wildman–Crippen LogP) is 12.6. The Morgan fingerprint density at radius 2 is 1.02 bits per heavy atom. The Bertz CT molecular complexity index is 3690. The zero-order valence-electron chi connectivity index (χ0n) is 38.9. The van der Waals surface area contributed by atoms with Crippen molar-refractivity contribution in [1.82, 2.24) is 19.5 Å². The molecule has 0 aliphatic heterocycles. The standard InChI is InChI=1S/C47H28N4S/c1-3-15-31(16-4-1)45-48-46(32-17-5-2-6-18-32)50-47(49-45)36-22-12-24-40-41(36)35-21-11-23-39(44(35)52-40)51-37-27-25-29-13-7-9-19-33(29)42(37)43-34-20-10-8-14-30(34)26-28-38(43)51/h1-28H/i7D,8D,9D,10D,13D,14D,19D,20D,25D,26D,27D,28D. The molecule has 52 heavy (non-hydrogen) atoms. The van der Waals surface area contributed by atoms with Gasteiger partial charge >= 0.3 is 0 Å². The van der Waals surface area contributed by atoms with Crippen molar-refractivity contribution in [2.75, 3.05) is 0 Å². The summed E-state index contributed by atoms with van der Waals surface area (Å²) in [6, 6.07) is 24.1. The Balaban J connectivity index is 1.31. The first-order valence-corrected chi connectivity index (χ1v) is 17.3. The molecule has 0 radical (unpaired) electrons. The maximum absolute atomic E-state index is 9.59. The Kier molecular flexibility index (Phi) is 4.31. The van der Waals surface area contributed by atoms with Crippen molar-refractivity contribution < 1.29 is 16.4 Å². The molecule has 0 fully saturated rings. The van der Waals surface area contributed by atoms with Crippen LogP contribution in [0.4, 0.5) is 0 Å². The number of benzene rings is 8. The SMILES string of the molecule is [2H]c1c([2H])c([2H])c2c(c1[2H])c([2H])c([2H])c1c2c2c3c([2H])c([2H])c([2H])c([2H])c3c([2H])c([2H])c2n1-c1cccc2c1sc1cccc(-c3nc(-c4ccccc4)nc(-c4ccccc4)n3)c12. The van der Waals surface area contributed by atoms with E-state index in [0.717, 1.165) is 26.6 Å². The van der Waals surface area contributed by atoms with E-state index in [1.165, 1.54) is 11.3 Å². The van der Waals surface area contributed by atoms with Gasteiger partial charge in [-0.2, -0.15) is 0 Å². The first-order valence-electron chi connectivity index (χ1n) is 22.5. The van der Waals surface area contributed by atoms with Gasteiger partial charge in [0.25, 0.3) is 0 Å². The van der Waals surface area contributed by atoms with Crippen LogP contribution in [0.25, 0.3) is 103 Å². The predicted molar refractivity (Wildman–Crippen MR) is 218 cm³/mol. The third-order valence-electron chi connectivity index (χ3n) is 9.34. The minimum atomic E-state index is -0.606. The van der Waals surface area contributed by atoms with Crippen LogP contribution < -0.4 is 0 Å². The lowest BCUT2D eigenvalue weighted by atomic mass is 10.00. The molecule has 4 nitrogen and oxygen atoms in total. The maximum Gasteiger partial charge on any atom is 0.164 e. The van der Waals surface area contributed by atoms with Gasteiger partial charge in [-0.1, -0.05) is 145 Å². The summed E-state index contributed by atoms with van der Waals surface area (Å²) in [5.41, 5.74) is 2.67. The van der Waals surface area contributed by atoms with Gasteiger partial charge in [-0.05, 0) is 45.8 Å². The van der Waals surface area contributed by atoms with Crippen LogP contribution in [0.2, 0.25) is 0 Å². The van der Waals surface area contributed by atoms with Crippen LogP contribution >= 0.6 is 11.3 Å². The zero-order valence-corrected chi connectivity index (χ0v) is 27.8. The number of thiophene rings is 1. The van der Waals surface area contributed by atoms with Crippen LogP contribution in [0, 0.1) is 0 Å². The molecule has 0 unspecified atom stereocenters. The smallest absolute Gasteiger partial charge is 0.164 e. The normalized spacial score (nSPS) is 15.1. The van der Waals surface area contributed by atoms with Crippen molar-refractivity contribution in [1.29, 1.82) is 0 Å². The average molecular weight is 693 g/mol. The second-order valence-electron chi connectivity index (χ2n) is 12.3. The fourth-order valence-corrected chi connectivity index (χ4v) is 8.32. The molecule has 0 aliphatic carbocycles. The van der Waals surface area contributed by atoms with Gasteiger partial charge in [0.05, 0.1) is 37.9 Å². The quantitative estimate of drug-likeness (QED) is 0.184. The molecule has 0 amide bonds. The molecule has 0 N–H and O–H groups in total. The highest BCUT2D eigenvalue weighted by Gasteiger charge is 2.22. The largest absolute Gasteiger partial charge is 0.308 e. The highest BCUT2D eigenvalue weighted by atomic mass is 32.1. The highest BCUT2D eigenvalue weighted by molar-refractivity contribution is 7.26. The van der Waals surface area contributed by atoms with E-state index in [-0.39, 0.29) is 43.4 Å². The van der Waals surface area contributed by atoms with Gasteiger partial charge in [-0.25, -0.2) is 15.0 Å². The number of hydrogen-bond acceptors (Lipinski definition) is 4. The molecule has 11 rings (SSSR count). The number of rotatable bonds is 4. The number of nitrogens with zero attached hydrogens (tertiary/aromatic N) is 4. The summed E-state index contributed by atoms with van der Waals surface area (Å²) in [7, 11) is 0. The van der Waals surface area contributed by atoms with Crippen molar-refractivity contribution in [3.05, 3.63) is 170 Å². The fraction of sp³-hybridized carbons (Fsp3) is 0. The van der Waals surface area contributed by atoms with Gasteiger partial charge in [0.2, 0.25) is 0 Å². The molecule has 3 heterocycles. The summed E-state index contributed by atoms with van der Waals surface area (Å²) in [4.78, 5) is 14.9. The Hall–Kier alpha value is -6.69. The molecule has 0 saturated carbocycles. The highest BCUT2D eigenvalue weighted by Crippen LogP contribution is 2.46. The van der Waals surface area contributed by atoms with E-state index in [9.17, 15) is 8.22 Å². The van der Waals surface area contributed by atoms with Crippen molar-refractivity contribution in [3.8, 4) is 39.9 Å². The Morgan fingerprint density at radius 3 is 1.63 bits per heavy atom. The Labute approximate surface area is 319 Å². The van der Waals surface area contributed by atoms with Gasteiger partial charge in [0, 0.05) is 42.9 Å². The number of fused-ring (bicyclic) bond motifs is 10. The summed E-state index contributed by atoms with van der Waals surface area (Å²) in [5, 5.41) is 0.788. The monoisotopic (exact) mass is 692 g/mol. The van der Waals surface area contributed by atoms with E-state index in [1.54, 1.807) is 16.7 Å². The summed E-state index contributed by atoms with van der Waals surface area (Å²) in [6.07, 6.45) is 0. The van der Waals surface area contributed by atoms with Crippen molar-refractivity contribution in [2.24, 2.45) is 0 Å². The topological polar surface area (TPSA) is 43.6 Å². The van der Waals surface area contributed by atoms with Crippen molar-refractivity contribution in [3.63, 3.8) is 0 Å². The van der Waals surface area contributed by atoms with Gasteiger partial charge in [0.1, 0.15) is 0 Å². The molecular weight excluding hydrogens is 653 g/mol. The molecule has 242 valence electrons. The van der Waals surface area contributed by atoms with E-state index in [4.69, 9.17) is 23.2 Å². The average Bonchev–Trinajstić information content (AvgIpc) is 3.88. The number of aromatic nitrogens is 4. The lowest BCUT2D eigenvalue weighted by Gasteiger charge is -2.11. The summed E-state index contributed by atoms with van der Waals surface area (Å²) >= 11 is 1.41. The van der Waals surface area contributed by atoms with Crippen LogP contribution in [-0.2, 0) is 0 Å². The fourth-order valence-electron chi connectivity index (χ4n) is 7.09. The van der Waals surface area contributed by atoms with E-state index in [2.05, 4.69) is 0 Å². The van der Waals surface area contributed by atoms with E-state index < -0.39 is 72.5 Å². The van der Waals surface area contributed by atoms with Crippen molar-refractivity contribution >= 4 is 74.9 Å². The van der Waals surface area contributed by atoms with Gasteiger partial charge in [-0.15, -0.1) is 11.3 Å². The second kappa shape index (κ2) is 11.4. The minimum absolute atomic E-state index is 0.00685. The van der Waals surface area contributed by atoms with Gasteiger partial charge in [0.15, 0.2) is 17.5 Å². The summed E-state index contributed by atoms with van der Waals surface area (Å²) in [5.74, 6) is 1.37. The van der Waals surface area contributed by atoms with Crippen LogP contribution in [0.15, 0.2) is 170 Å². The Morgan fingerprint density at radius 1 is 0.462 bits per heavy atom. The molecular formula is C47H28N4S. The third kappa shape index (κ3) is 4.36. The van der Waals surface area contributed by atoms with Crippen LogP contribution in [-0.4, -0.2) is 19.5 Å². The molecule has 11 aromatic rings. The van der Waals surface area contributed by atoms with E-state index in [0.29, 0.717) is 33.4 Å². The van der Waals surface area contributed by atoms with E-state index >= 15 is 0 Å². The maximum atomic E-state index is 9.59.